The third-order valence-corrected chi connectivity index (χ3v) is 3.51. The van der Waals surface area contributed by atoms with Gasteiger partial charge in [0.25, 0.3) is 0 Å². The molecule has 0 bridgehead atoms. The number of β-amino-alcohol motifs (C(OH)–C–C–N with tert-alkyl or cyclic N) is 1. The van der Waals surface area contributed by atoms with Crippen LogP contribution in [0.5, 0.6) is 0 Å². The second kappa shape index (κ2) is 5.48. The Kier molecular flexibility index (Phi) is 4.13. The van der Waals surface area contributed by atoms with Gasteiger partial charge in [0.2, 0.25) is 0 Å². The number of hydrogen-bond acceptors (Lipinski definition) is 3. The van der Waals surface area contributed by atoms with Crippen molar-refractivity contribution in [1.29, 1.82) is 0 Å². The van der Waals surface area contributed by atoms with Crippen molar-refractivity contribution in [2.24, 2.45) is 0 Å². The second-order valence-corrected chi connectivity index (χ2v) is 5.13. The molecule has 2 atom stereocenters. The standard InChI is InChI=1S/C13H17F3N2O/c1-17(2)10-6-18(7-11(10)19)5-8-3-4-9(14)13(16)12(8)15/h3-4,10-11,19H,5-7H2,1-2H3/t10-,11-/m1/s1. The molecule has 3 nitrogen and oxygen atoms in total. The molecule has 1 aromatic rings. The van der Waals surface area contributed by atoms with Crippen molar-refractivity contribution in [2.75, 3.05) is 27.2 Å². The van der Waals surface area contributed by atoms with Gasteiger partial charge in [-0.15, -0.1) is 0 Å². The summed E-state index contributed by atoms with van der Waals surface area (Å²) in [5.74, 6) is -3.78. The van der Waals surface area contributed by atoms with Crippen LogP contribution in [0.15, 0.2) is 12.1 Å². The molecule has 6 heteroatoms. The van der Waals surface area contributed by atoms with Gasteiger partial charge in [-0.25, -0.2) is 13.2 Å². The second-order valence-electron chi connectivity index (χ2n) is 5.13. The smallest absolute Gasteiger partial charge is 0.194 e. The van der Waals surface area contributed by atoms with E-state index >= 15 is 0 Å². The lowest BCUT2D eigenvalue weighted by atomic mass is 10.2. The van der Waals surface area contributed by atoms with Crippen molar-refractivity contribution < 1.29 is 18.3 Å². The minimum atomic E-state index is -1.44. The average Bonchev–Trinajstić information content (AvgIpc) is 2.71. The summed E-state index contributed by atoms with van der Waals surface area (Å²) < 4.78 is 39.5. The molecule has 1 aromatic carbocycles. The van der Waals surface area contributed by atoms with Gasteiger partial charge in [0.05, 0.1) is 6.10 Å². The number of aliphatic hydroxyl groups is 1. The van der Waals surface area contributed by atoms with E-state index in [0.29, 0.717) is 13.1 Å². The normalized spacial score (nSPS) is 24.4. The van der Waals surface area contributed by atoms with E-state index in [1.54, 1.807) is 0 Å². The zero-order valence-corrected chi connectivity index (χ0v) is 10.9. The molecule has 1 N–H and O–H groups in total. The number of likely N-dealkylation sites (tertiary alicyclic amines) is 1. The van der Waals surface area contributed by atoms with E-state index in [4.69, 9.17) is 0 Å². The van der Waals surface area contributed by atoms with Gasteiger partial charge in [-0.2, -0.15) is 0 Å². The van der Waals surface area contributed by atoms with E-state index in [2.05, 4.69) is 0 Å². The number of likely N-dealkylation sites (N-methyl/N-ethyl adjacent to an activating group) is 1. The maximum Gasteiger partial charge on any atom is 0.194 e. The van der Waals surface area contributed by atoms with Crippen LogP contribution >= 0.6 is 0 Å². The molecule has 0 amide bonds. The minimum Gasteiger partial charge on any atom is -0.390 e. The Balaban J connectivity index is 2.09. The van der Waals surface area contributed by atoms with E-state index in [9.17, 15) is 18.3 Å². The third kappa shape index (κ3) is 2.91. The molecule has 1 saturated heterocycles. The van der Waals surface area contributed by atoms with Crippen LogP contribution in [0.25, 0.3) is 0 Å². The van der Waals surface area contributed by atoms with Crippen molar-refractivity contribution in [3.8, 4) is 0 Å². The fourth-order valence-corrected chi connectivity index (χ4v) is 2.41. The fourth-order valence-electron chi connectivity index (χ4n) is 2.41. The Hall–Kier alpha value is -1.11. The number of aliphatic hydroxyl groups excluding tert-OH is 1. The fraction of sp³-hybridized carbons (Fsp3) is 0.538. The highest BCUT2D eigenvalue weighted by atomic mass is 19.2. The summed E-state index contributed by atoms with van der Waals surface area (Å²) in [4.78, 5) is 3.72. The predicted octanol–water partition coefficient (Wildman–Crippen LogP) is 1.21. The molecule has 1 fully saturated rings. The lowest BCUT2D eigenvalue weighted by molar-refractivity contribution is 0.112. The summed E-state index contributed by atoms with van der Waals surface area (Å²) in [5.41, 5.74) is 0.102. The van der Waals surface area contributed by atoms with E-state index in [1.807, 2.05) is 23.9 Å². The number of hydrogen-bond donors (Lipinski definition) is 1. The van der Waals surface area contributed by atoms with Crippen LogP contribution in [-0.2, 0) is 6.54 Å². The lowest BCUT2D eigenvalue weighted by Crippen LogP contribution is -2.37. The predicted molar refractivity (Wildman–Crippen MR) is 65.1 cm³/mol. The van der Waals surface area contributed by atoms with Gasteiger partial charge in [-0.3, -0.25) is 4.90 Å². The van der Waals surface area contributed by atoms with Gasteiger partial charge < -0.3 is 10.0 Å². The van der Waals surface area contributed by atoms with Gasteiger partial charge in [0, 0.05) is 31.2 Å². The van der Waals surface area contributed by atoms with Crippen molar-refractivity contribution >= 4 is 0 Å². The molecule has 0 spiro atoms. The van der Waals surface area contributed by atoms with E-state index in [-0.39, 0.29) is 18.2 Å². The Morgan fingerprint density at radius 3 is 2.47 bits per heavy atom. The molecule has 0 radical (unpaired) electrons. The maximum absolute atomic E-state index is 13.6. The largest absolute Gasteiger partial charge is 0.390 e. The monoisotopic (exact) mass is 274 g/mol. The summed E-state index contributed by atoms with van der Waals surface area (Å²) in [5, 5.41) is 9.86. The molecule has 0 aliphatic carbocycles. The minimum absolute atomic E-state index is 0.0339. The maximum atomic E-state index is 13.6. The Labute approximate surface area is 110 Å². The lowest BCUT2D eigenvalue weighted by Gasteiger charge is -2.21. The summed E-state index contributed by atoms with van der Waals surface area (Å²) >= 11 is 0. The van der Waals surface area contributed by atoms with Gasteiger partial charge in [0.1, 0.15) is 0 Å². The Morgan fingerprint density at radius 2 is 1.89 bits per heavy atom. The van der Waals surface area contributed by atoms with Gasteiger partial charge >= 0.3 is 0 Å². The molecule has 0 saturated carbocycles. The summed E-state index contributed by atoms with van der Waals surface area (Å²) in [6.45, 7) is 1.11. The van der Waals surface area contributed by atoms with Crippen LogP contribution in [-0.4, -0.2) is 54.2 Å². The SMILES string of the molecule is CN(C)[C@@H]1CN(Cc2ccc(F)c(F)c2F)C[C@H]1O. The number of rotatable bonds is 3. The third-order valence-electron chi connectivity index (χ3n) is 3.51. The topological polar surface area (TPSA) is 26.7 Å². The van der Waals surface area contributed by atoms with Crippen LogP contribution < -0.4 is 0 Å². The molecule has 1 heterocycles. The van der Waals surface area contributed by atoms with Gasteiger partial charge in [-0.05, 0) is 20.2 Å². The average molecular weight is 274 g/mol. The summed E-state index contributed by atoms with van der Waals surface area (Å²) in [6.07, 6.45) is -0.525. The molecule has 2 rings (SSSR count). The first kappa shape index (κ1) is 14.3. The van der Waals surface area contributed by atoms with Crippen molar-refractivity contribution in [3.05, 3.63) is 35.1 Å². The molecule has 19 heavy (non-hydrogen) atoms. The van der Waals surface area contributed by atoms with Gasteiger partial charge in [-0.1, -0.05) is 6.07 Å². The summed E-state index contributed by atoms with van der Waals surface area (Å²) in [6, 6.07) is 2.13. The first-order valence-corrected chi connectivity index (χ1v) is 6.09. The van der Waals surface area contributed by atoms with Crippen LogP contribution in [0.4, 0.5) is 13.2 Å². The molecule has 1 aliphatic heterocycles. The first-order valence-electron chi connectivity index (χ1n) is 6.09. The van der Waals surface area contributed by atoms with Crippen molar-refractivity contribution in [1.82, 2.24) is 9.80 Å². The number of nitrogens with zero attached hydrogens (tertiary/aromatic N) is 2. The zero-order valence-electron chi connectivity index (χ0n) is 10.9. The molecule has 0 aromatic heterocycles. The van der Waals surface area contributed by atoms with E-state index in [1.165, 1.54) is 6.07 Å². The zero-order chi connectivity index (χ0) is 14.2. The Morgan fingerprint density at radius 1 is 1.21 bits per heavy atom. The number of halogens is 3. The van der Waals surface area contributed by atoms with Crippen molar-refractivity contribution in [3.63, 3.8) is 0 Å². The summed E-state index contributed by atoms with van der Waals surface area (Å²) in [7, 11) is 3.71. The van der Waals surface area contributed by atoms with E-state index in [0.717, 1.165) is 6.07 Å². The van der Waals surface area contributed by atoms with E-state index < -0.39 is 23.6 Å². The highest BCUT2D eigenvalue weighted by molar-refractivity contribution is 5.20. The molecule has 0 unspecified atom stereocenters. The highest BCUT2D eigenvalue weighted by Crippen LogP contribution is 2.20. The van der Waals surface area contributed by atoms with Crippen LogP contribution in [0, 0.1) is 17.5 Å². The van der Waals surface area contributed by atoms with Crippen LogP contribution in [0.2, 0.25) is 0 Å². The first-order chi connectivity index (χ1) is 8.90. The van der Waals surface area contributed by atoms with Crippen LogP contribution in [0.1, 0.15) is 5.56 Å². The van der Waals surface area contributed by atoms with Crippen molar-refractivity contribution in [2.45, 2.75) is 18.7 Å². The molecule has 1 aliphatic rings. The molecular formula is C13H17F3N2O. The highest BCUT2D eigenvalue weighted by Gasteiger charge is 2.33. The quantitative estimate of drug-likeness (QED) is 0.839. The van der Waals surface area contributed by atoms with Crippen LogP contribution in [0.3, 0.4) is 0 Å². The number of benzene rings is 1. The molecular weight excluding hydrogens is 257 g/mol. The van der Waals surface area contributed by atoms with Gasteiger partial charge in [0.15, 0.2) is 17.5 Å². The molecule has 106 valence electrons. The Bertz CT molecular complexity index is 467.